The van der Waals surface area contributed by atoms with Gasteiger partial charge in [-0.2, -0.15) is 0 Å². The van der Waals surface area contributed by atoms with E-state index >= 15 is 0 Å². The molecular weight excluding hydrogens is 320 g/mol. The lowest BCUT2D eigenvalue weighted by atomic mass is 9.86. The Morgan fingerprint density at radius 3 is 2.68 bits per heavy atom. The summed E-state index contributed by atoms with van der Waals surface area (Å²) < 4.78 is 4.91. The Kier molecular flexibility index (Phi) is 4.74. The number of likely N-dealkylation sites (tertiary alicyclic amines) is 1. The molecule has 2 aromatic rings. The Labute approximate surface area is 146 Å². The maximum absolute atomic E-state index is 13.0. The third-order valence-corrected chi connectivity index (χ3v) is 4.40. The summed E-state index contributed by atoms with van der Waals surface area (Å²) >= 11 is 0. The first-order valence-corrected chi connectivity index (χ1v) is 8.24. The fraction of sp³-hybridized carbons (Fsp3) is 0.389. The van der Waals surface area contributed by atoms with E-state index in [1.807, 2.05) is 30.3 Å². The highest BCUT2D eigenvalue weighted by atomic mass is 16.3. The molecule has 0 saturated carbocycles. The summed E-state index contributed by atoms with van der Waals surface area (Å²) in [6.07, 6.45) is 3.94. The Morgan fingerprint density at radius 1 is 1.28 bits per heavy atom. The third kappa shape index (κ3) is 3.50. The maximum Gasteiger partial charge on any atom is 0.275 e. The lowest BCUT2D eigenvalue weighted by molar-refractivity contribution is -0.135. The summed E-state index contributed by atoms with van der Waals surface area (Å²) in [5.74, 6) is -0.270. The van der Waals surface area contributed by atoms with Crippen molar-refractivity contribution in [2.24, 2.45) is 0 Å². The van der Waals surface area contributed by atoms with Crippen LogP contribution in [0.1, 0.15) is 23.3 Å². The topological polar surface area (TPSA) is 78.7 Å². The van der Waals surface area contributed by atoms with Gasteiger partial charge < -0.3 is 19.5 Å². The molecule has 7 nitrogen and oxygen atoms in total. The molecule has 1 saturated heterocycles. The van der Waals surface area contributed by atoms with Crippen molar-refractivity contribution >= 4 is 17.5 Å². The molecule has 2 amide bonds. The number of rotatable bonds is 4. The number of hydrogen-bond donors (Lipinski definition) is 1. The van der Waals surface area contributed by atoms with Crippen LogP contribution in [0.2, 0.25) is 0 Å². The molecule has 0 radical (unpaired) electrons. The molecule has 1 unspecified atom stereocenters. The van der Waals surface area contributed by atoms with Crippen LogP contribution in [-0.2, 0) is 4.79 Å². The number of aromatic nitrogens is 1. The number of carbonyl (C=O) groups is 2. The van der Waals surface area contributed by atoms with Gasteiger partial charge in [-0.25, -0.2) is 4.98 Å². The summed E-state index contributed by atoms with van der Waals surface area (Å²) in [6.45, 7) is 0.870. The quantitative estimate of drug-likeness (QED) is 0.917. The van der Waals surface area contributed by atoms with Crippen LogP contribution < -0.4 is 5.32 Å². The van der Waals surface area contributed by atoms with E-state index < -0.39 is 5.54 Å². The lowest BCUT2D eigenvalue weighted by Crippen LogP contribution is -2.62. The van der Waals surface area contributed by atoms with Gasteiger partial charge in [0.2, 0.25) is 5.91 Å². The first kappa shape index (κ1) is 17.0. The Bertz CT molecular complexity index is 730. The average Bonchev–Trinajstić information content (AvgIpc) is 3.16. The highest BCUT2D eigenvalue weighted by Crippen LogP contribution is 2.28. The number of carbonyl (C=O) groups excluding carboxylic acids is 2. The van der Waals surface area contributed by atoms with E-state index in [0.717, 1.165) is 12.1 Å². The highest BCUT2D eigenvalue weighted by Gasteiger charge is 2.44. The van der Waals surface area contributed by atoms with Gasteiger partial charge >= 0.3 is 0 Å². The summed E-state index contributed by atoms with van der Waals surface area (Å²) in [4.78, 5) is 32.8. The molecule has 1 aliphatic heterocycles. The van der Waals surface area contributed by atoms with Crippen LogP contribution in [0.25, 0.3) is 0 Å². The molecule has 1 fully saturated rings. The Morgan fingerprint density at radius 2 is 2.04 bits per heavy atom. The molecule has 0 bridgehead atoms. The van der Waals surface area contributed by atoms with Crippen LogP contribution in [0, 0.1) is 0 Å². The highest BCUT2D eigenvalue weighted by molar-refractivity contribution is 5.94. The standard InChI is InChI=1S/C18H22N4O3/c1-21(2)17(24)18(20-14-7-4-3-5-8-14)9-6-10-22(12-18)16(23)15-11-25-13-19-15/h3-5,7-8,11,13,20H,6,9-10,12H2,1-2H3. The Hall–Kier alpha value is -2.83. The van der Waals surface area contributed by atoms with Gasteiger partial charge in [0.05, 0.1) is 6.54 Å². The van der Waals surface area contributed by atoms with Gasteiger partial charge in [-0.05, 0) is 25.0 Å². The molecule has 1 atom stereocenters. The Balaban J connectivity index is 1.88. The normalized spacial score (nSPS) is 20.2. The minimum Gasteiger partial charge on any atom is -0.451 e. The van der Waals surface area contributed by atoms with Gasteiger partial charge in [-0.3, -0.25) is 9.59 Å². The van der Waals surface area contributed by atoms with Gasteiger partial charge in [0.1, 0.15) is 11.8 Å². The molecule has 1 aromatic carbocycles. The number of likely N-dealkylation sites (N-methyl/N-ethyl adjacent to an activating group) is 1. The molecule has 1 aromatic heterocycles. The molecule has 132 valence electrons. The van der Waals surface area contributed by atoms with Crippen molar-refractivity contribution in [1.29, 1.82) is 0 Å². The maximum atomic E-state index is 13.0. The molecule has 1 N–H and O–H groups in total. The van der Waals surface area contributed by atoms with Crippen molar-refractivity contribution in [1.82, 2.24) is 14.8 Å². The van der Waals surface area contributed by atoms with Crippen LogP contribution in [-0.4, -0.2) is 59.3 Å². The smallest absolute Gasteiger partial charge is 0.275 e. The fourth-order valence-corrected chi connectivity index (χ4v) is 3.26. The third-order valence-electron chi connectivity index (χ3n) is 4.40. The zero-order valence-corrected chi connectivity index (χ0v) is 14.4. The summed E-state index contributed by atoms with van der Waals surface area (Å²) in [5.41, 5.74) is 0.254. The number of oxazole rings is 1. The van der Waals surface area contributed by atoms with E-state index in [9.17, 15) is 9.59 Å². The number of benzene rings is 1. The number of para-hydroxylation sites is 1. The molecule has 3 rings (SSSR count). The number of nitrogens with one attached hydrogen (secondary N) is 1. The van der Waals surface area contributed by atoms with Crippen molar-refractivity contribution < 1.29 is 14.0 Å². The molecular formula is C18H22N4O3. The zero-order chi connectivity index (χ0) is 17.9. The van der Waals surface area contributed by atoms with E-state index in [1.165, 1.54) is 12.7 Å². The predicted molar refractivity (Wildman–Crippen MR) is 93.1 cm³/mol. The van der Waals surface area contributed by atoms with Crippen LogP contribution in [0.15, 0.2) is 47.4 Å². The lowest BCUT2D eigenvalue weighted by Gasteiger charge is -2.43. The van der Waals surface area contributed by atoms with Crippen LogP contribution in [0.3, 0.4) is 0 Å². The number of nitrogens with zero attached hydrogens (tertiary/aromatic N) is 3. The second kappa shape index (κ2) is 6.96. The molecule has 0 aliphatic carbocycles. The summed E-state index contributed by atoms with van der Waals surface area (Å²) in [7, 11) is 3.46. The number of piperidine rings is 1. The second-order valence-electron chi connectivity index (χ2n) is 6.48. The molecule has 0 spiro atoms. The van der Waals surface area contributed by atoms with Gasteiger partial charge in [0, 0.05) is 26.3 Å². The van der Waals surface area contributed by atoms with Crippen molar-refractivity contribution in [2.45, 2.75) is 18.4 Å². The number of hydrogen-bond acceptors (Lipinski definition) is 5. The van der Waals surface area contributed by atoms with Gasteiger partial charge in [0.15, 0.2) is 12.1 Å². The van der Waals surface area contributed by atoms with E-state index in [2.05, 4.69) is 10.3 Å². The molecule has 25 heavy (non-hydrogen) atoms. The number of anilines is 1. The van der Waals surface area contributed by atoms with E-state index in [1.54, 1.807) is 23.9 Å². The van der Waals surface area contributed by atoms with Gasteiger partial charge in [-0.1, -0.05) is 18.2 Å². The minimum absolute atomic E-state index is 0.0472. The summed E-state index contributed by atoms with van der Waals surface area (Å²) in [5, 5.41) is 3.38. The van der Waals surface area contributed by atoms with Crippen LogP contribution in [0.4, 0.5) is 5.69 Å². The first-order valence-electron chi connectivity index (χ1n) is 8.24. The number of amides is 2. The second-order valence-corrected chi connectivity index (χ2v) is 6.48. The molecule has 1 aliphatic rings. The van der Waals surface area contributed by atoms with Crippen molar-refractivity contribution in [3.05, 3.63) is 48.7 Å². The van der Waals surface area contributed by atoms with E-state index in [4.69, 9.17) is 4.42 Å². The summed E-state index contributed by atoms with van der Waals surface area (Å²) in [6, 6.07) is 9.59. The first-order chi connectivity index (χ1) is 12.0. The van der Waals surface area contributed by atoms with E-state index in [-0.39, 0.29) is 24.1 Å². The largest absolute Gasteiger partial charge is 0.451 e. The van der Waals surface area contributed by atoms with Crippen molar-refractivity contribution in [2.75, 3.05) is 32.5 Å². The van der Waals surface area contributed by atoms with Crippen LogP contribution in [0.5, 0.6) is 0 Å². The molecule has 7 heteroatoms. The van der Waals surface area contributed by atoms with Crippen LogP contribution >= 0.6 is 0 Å². The predicted octanol–water partition coefficient (Wildman–Crippen LogP) is 1.85. The van der Waals surface area contributed by atoms with Crippen molar-refractivity contribution in [3.63, 3.8) is 0 Å². The monoisotopic (exact) mass is 342 g/mol. The fourth-order valence-electron chi connectivity index (χ4n) is 3.26. The van der Waals surface area contributed by atoms with Gasteiger partial charge in [-0.15, -0.1) is 0 Å². The average molecular weight is 342 g/mol. The van der Waals surface area contributed by atoms with Gasteiger partial charge in [0.25, 0.3) is 5.91 Å². The van der Waals surface area contributed by atoms with Crippen molar-refractivity contribution in [3.8, 4) is 0 Å². The minimum atomic E-state index is -0.859. The molecule has 2 heterocycles. The zero-order valence-electron chi connectivity index (χ0n) is 14.4. The SMILES string of the molecule is CN(C)C(=O)C1(Nc2ccccc2)CCCN(C(=O)c2cocn2)C1. The van der Waals surface area contributed by atoms with E-state index in [0.29, 0.717) is 13.0 Å².